The molecule has 0 spiro atoms. The lowest BCUT2D eigenvalue weighted by Gasteiger charge is -2.39. The molecule has 2 N–H and O–H groups in total. The SMILES string of the molecule is N#Cc1c[nH]c2c(N3CCC[C@@H](c4ccc(N5CCC(CN6CCC(n7ccc8c(N9CCC(=O)NC9=O)cccc87)CC6)CC5)cc4)C3)ccc(Cl)c12. The van der Waals surface area contributed by atoms with E-state index in [4.69, 9.17) is 11.6 Å². The van der Waals surface area contributed by atoms with Crippen molar-refractivity contribution in [2.45, 2.75) is 56.9 Å². The van der Waals surface area contributed by atoms with Crippen molar-refractivity contribution in [3.05, 3.63) is 89.2 Å². The van der Waals surface area contributed by atoms with Crippen LogP contribution in [0, 0.1) is 17.2 Å². The molecule has 6 heterocycles. The van der Waals surface area contributed by atoms with Crippen LogP contribution in [0.1, 0.15) is 68.0 Å². The molecule has 2 aromatic heterocycles. The Hall–Kier alpha value is -4.98. The van der Waals surface area contributed by atoms with Crippen molar-refractivity contribution < 1.29 is 9.59 Å². The van der Waals surface area contributed by atoms with Crippen molar-refractivity contribution in [2.24, 2.45) is 5.92 Å². The number of nitrogens with zero attached hydrogens (tertiary/aromatic N) is 6. The Labute approximate surface area is 321 Å². The van der Waals surface area contributed by atoms with Crippen molar-refractivity contribution >= 4 is 62.4 Å². The molecular formula is C43H47ClN8O2. The molecule has 0 bridgehead atoms. The van der Waals surface area contributed by atoms with E-state index in [1.54, 1.807) is 11.1 Å². The Kier molecular flexibility index (Phi) is 9.46. The Morgan fingerprint density at radius 3 is 2.43 bits per heavy atom. The van der Waals surface area contributed by atoms with Crippen LogP contribution in [0.5, 0.6) is 0 Å². The fraction of sp³-hybridized carbons (Fsp3) is 0.419. The summed E-state index contributed by atoms with van der Waals surface area (Å²) < 4.78 is 2.41. The molecule has 0 unspecified atom stereocenters. The topological polar surface area (TPSA) is 104 Å². The number of fused-ring (bicyclic) bond motifs is 2. The number of halogens is 1. The number of benzene rings is 3. The molecule has 4 saturated heterocycles. The minimum absolute atomic E-state index is 0.209. The molecule has 3 aromatic carbocycles. The molecule has 5 aromatic rings. The molecule has 0 aliphatic carbocycles. The molecule has 278 valence electrons. The molecule has 0 saturated carbocycles. The van der Waals surface area contributed by atoms with Crippen LogP contribution in [-0.2, 0) is 4.79 Å². The second kappa shape index (κ2) is 14.7. The third-order valence-corrected chi connectivity index (χ3v) is 12.9. The summed E-state index contributed by atoms with van der Waals surface area (Å²) >= 11 is 6.50. The van der Waals surface area contributed by atoms with Crippen molar-refractivity contribution in [3.63, 3.8) is 0 Å². The summed E-state index contributed by atoms with van der Waals surface area (Å²) in [6.45, 7) is 7.96. The normalized spacial score (nSPS) is 20.9. The van der Waals surface area contributed by atoms with E-state index in [1.165, 1.54) is 37.1 Å². The van der Waals surface area contributed by atoms with Gasteiger partial charge in [-0.25, -0.2) is 4.79 Å². The summed E-state index contributed by atoms with van der Waals surface area (Å²) in [5.41, 5.74) is 7.43. The van der Waals surface area contributed by atoms with Gasteiger partial charge in [-0.1, -0.05) is 29.8 Å². The van der Waals surface area contributed by atoms with Crippen LogP contribution in [0.3, 0.4) is 0 Å². The second-order valence-corrected chi connectivity index (χ2v) is 16.1. The lowest BCUT2D eigenvalue weighted by molar-refractivity contribution is -0.120. The van der Waals surface area contributed by atoms with E-state index in [0.717, 1.165) is 97.6 Å². The smallest absolute Gasteiger partial charge is 0.328 e. The van der Waals surface area contributed by atoms with E-state index >= 15 is 0 Å². The number of rotatable bonds is 7. The maximum Gasteiger partial charge on any atom is 0.328 e. The van der Waals surface area contributed by atoms with Crippen molar-refractivity contribution in [1.82, 2.24) is 19.8 Å². The first-order chi connectivity index (χ1) is 26.4. The van der Waals surface area contributed by atoms with Crippen LogP contribution in [0.4, 0.5) is 21.9 Å². The van der Waals surface area contributed by atoms with E-state index in [0.29, 0.717) is 35.5 Å². The number of amides is 3. The number of H-pyrrole nitrogens is 1. The Morgan fingerprint density at radius 2 is 1.65 bits per heavy atom. The van der Waals surface area contributed by atoms with E-state index < -0.39 is 0 Å². The Morgan fingerprint density at radius 1 is 0.833 bits per heavy atom. The van der Waals surface area contributed by atoms with Crippen molar-refractivity contribution in [1.29, 1.82) is 5.26 Å². The molecule has 10 nitrogen and oxygen atoms in total. The first-order valence-corrected chi connectivity index (χ1v) is 20.0. The van der Waals surface area contributed by atoms with E-state index in [1.807, 2.05) is 18.2 Å². The number of urea groups is 1. The Bertz CT molecular complexity index is 2220. The third kappa shape index (κ3) is 6.58. The zero-order valence-corrected chi connectivity index (χ0v) is 31.4. The highest BCUT2D eigenvalue weighted by atomic mass is 35.5. The fourth-order valence-corrected chi connectivity index (χ4v) is 9.87. The highest BCUT2D eigenvalue weighted by Gasteiger charge is 2.29. The van der Waals surface area contributed by atoms with Gasteiger partial charge in [-0.15, -0.1) is 0 Å². The quantitative estimate of drug-likeness (QED) is 0.175. The number of hydrogen-bond donors (Lipinski definition) is 2. The lowest BCUT2D eigenvalue weighted by atomic mass is 9.89. The molecular weight excluding hydrogens is 696 g/mol. The zero-order chi connectivity index (χ0) is 36.8. The van der Waals surface area contributed by atoms with Gasteiger partial charge in [-0.3, -0.25) is 15.0 Å². The number of nitrogens with one attached hydrogen (secondary N) is 2. The minimum atomic E-state index is -0.335. The number of aromatic nitrogens is 2. The summed E-state index contributed by atoms with van der Waals surface area (Å²) in [6, 6.07) is 24.0. The van der Waals surface area contributed by atoms with E-state index in [9.17, 15) is 14.9 Å². The number of carbonyl (C=O) groups excluding carboxylic acids is 2. The van der Waals surface area contributed by atoms with Gasteiger partial charge >= 0.3 is 6.03 Å². The van der Waals surface area contributed by atoms with Crippen molar-refractivity contribution in [3.8, 4) is 6.07 Å². The first kappa shape index (κ1) is 34.8. The van der Waals surface area contributed by atoms with Gasteiger partial charge in [0, 0.05) is 99.6 Å². The lowest BCUT2D eigenvalue weighted by Crippen LogP contribution is -2.49. The maximum atomic E-state index is 12.6. The molecule has 1 atom stereocenters. The number of hydrogen-bond acceptors (Lipinski definition) is 6. The molecule has 54 heavy (non-hydrogen) atoms. The van der Waals surface area contributed by atoms with Gasteiger partial charge in [0.15, 0.2) is 0 Å². The maximum absolute atomic E-state index is 12.6. The van der Waals surface area contributed by atoms with Crippen LogP contribution < -0.4 is 20.0 Å². The van der Waals surface area contributed by atoms with Crippen LogP contribution in [0.2, 0.25) is 5.02 Å². The summed E-state index contributed by atoms with van der Waals surface area (Å²) in [5.74, 6) is 0.981. The summed E-state index contributed by atoms with van der Waals surface area (Å²) in [4.78, 5) is 37.0. The van der Waals surface area contributed by atoms with Gasteiger partial charge in [-0.2, -0.15) is 5.26 Å². The monoisotopic (exact) mass is 742 g/mol. The van der Waals surface area contributed by atoms with Gasteiger partial charge in [0.2, 0.25) is 5.91 Å². The third-order valence-electron chi connectivity index (χ3n) is 12.5. The van der Waals surface area contributed by atoms with Gasteiger partial charge in [0.05, 0.1) is 33.0 Å². The van der Waals surface area contributed by atoms with Crippen LogP contribution in [0.25, 0.3) is 21.8 Å². The zero-order valence-electron chi connectivity index (χ0n) is 30.6. The molecule has 4 fully saturated rings. The highest BCUT2D eigenvalue weighted by molar-refractivity contribution is 6.36. The summed E-state index contributed by atoms with van der Waals surface area (Å²) in [6.07, 6.45) is 11.3. The predicted octanol–water partition coefficient (Wildman–Crippen LogP) is 8.03. The molecule has 4 aliphatic rings. The molecule has 3 amide bonds. The standard InChI is InChI=1S/C43H47ClN8O2/c44-36-10-11-39(42-41(36)32(25-45)26-46-42)50-18-2-3-31(28-50)30-6-8-33(9-7-30)49-21-12-29(13-22-49)27-48-19-14-34(15-20-48)51-23-16-35-37(51)4-1-5-38(35)52-24-17-40(53)47-43(52)54/h1,4-11,16,23,26,29,31,34,46H,2-3,12-15,17-22,24,27-28H2,(H,47,53,54)/t31-/m1/s1. The number of likely N-dealkylation sites (tertiary alicyclic amines) is 1. The number of piperidine rings is 3. The number of anilines is 3. The number of nitriles is 1. The highest BCUT2D eigenvalue weighted by Crippen LogP contribution is 2.38. The Balaban J connectivity index is 0.766. The fourth-order valence-electron chi connectivity index (χ4n) is 9.61. The van der Waals surface area contributed by atoms with Crippen molar-refractivity contribution in [2.75, 3.05) is 67.1 Å². The largest absolute Gasteiger partial charge is 0.372 e. The molecule has 0 radical (unpaired) electrons. The molecule has 11 heteroatoms. The van der Waals surface area contributed by atoms with Gasteiger partial charge in [0.25, 0.3) is 0 Å². The van der Waals surface area contributed by atoms with Crippen LogP contribution in [0.15, 0.2) is 73.1 Å². The van der Waals surface area contributed by atoms with E-state index in [2.05, 4.69) is 84.3 Å². The van der Waals surface area contributed by atoms with E-state index in [-0.39, 0.29) is 11.9 Å². The van der Waals surface area contributed by atoms with Crippen LogP contribution >= 0.6 is 11.6 Å². The van der Waals surface area contributed by atoms with Gasteiger partial charge in [-0.05, 0) is 92.5 Å². The second-order valence-electron chi connectivity index (χ2n) is 15.7. The first-order valence-electron chi connectivity index (χ1n) is 19.7. The minimum Gasteiger partial charge on any atom is -0.372 e. The molecule has 4 aliphatic heterocycles. The average molecular weight is 743 g/mol. The number of imide groups is 1. The van der Waals surface area contributed by atoms with Gasteiger partial charge < -0.3 is 24.3 Å². The van der Waals surface area contributed by atoms with Gasteiger partial charge in [0.1, 0.15) is 6.07 Å². The number of aromatic amines is 1. The average Bonchev–Trinajstić information content (AvgIpc) is 3.85. The predicted molar refractivity (Wildman–Crippen MR) is 216 cm³/mol. The summed E-state index contributed by atoms with van der Waals surface area (Å²) in [5, 5.41) is 14.5. The molecule has 9 rings (SSSR count). The van der Waals surface area contributed by atoms with Crippen LogP contribution in [-0.4, -0.2) is 78.7 Å². The number of carbonyl (C=O) groups is 2. The summed E-state index contributed by atoms with van der Waals surface area (Å²) in [7, 11) is 0.